The lowest BCUT2D eigenvalue weighted by molar-refractivity contribution is -0.0286. The van der Waals surface area contributed by atoms with Crippen molar-refractivity contribution >= 4 is 21.6 Å². The first-order valence-corrected chi connectivity index (χ1v) is 12.5. The highest BCUT2D eigenvalue weighted by molar-refractivity contribution is 7.22. The summed E-state index contributed by atoms with van der Waals surface area (Å²) < 4.78 is 22.6. The van der Waals surface area contributed by atoms with E-state index in [-0.39, 0.29) is 0 Å². The van der Waals surface area contributed by atoms with E-state index in [1.807, 2.05) is 23.1 Å². The van der Waals surface area contributed by atoms with Crippen molar-refractivity contribution in [2.24, 2.45) is 0 Å². The highest BCUT2D eigenvalue weighted by atomic mass is 32.1. The van der Waals surface area contributed by atoms with Crippen molar-refractivity contribution in [1.82, 2.24) is 24.5 Å². The molecule has 9 heteroatoms. The first kappa shape index (κ1) is 19.7. The van der Waals surface area contributed by atoms with Crippen molar-refractivity contribution in [3.63, 3.8) is 0 Å². The van der Waals surface area contributed by atoms with Crippen LogP contribution in [0.2, 0.25) is 0 Å². The molecule has 2 aliphatic heterocycles. The van der Waals surface area contributed by atoms with Gasteiger partial charge in [0, 0.05) is 48.0 Å². The highest BCUT2D eigenvalue weighted by Gasteiger charge is 2.30. The molecule has 8 nitrogen and oxygen atoms in total. The number of fused-ring (bicyclic) bond motifs is 1. The van der Waals surface area contributed by atoms with Gasteiger partial charge in [-0.25, -0.2) is 0 Å². The molecule has 0 unspecified atom stereocenters. The quantitative estimate of drug-likeness (QED) is 0.403. The van der Waals surface area contributed by atoms with E-state index in [4.69, 9.17) is 19.3 Å². The minimum Gasteiger partial charge on any atom is -0.452 e. The van der Waals surface area contributed by atoms with Crippen molar-refractivity contribution in [2.45, 2.75) is 43.7 Å². The van der Waals surface area contributed by atoms with Crippen LogP contribution in [-0.2, 0) is 9.47 Å². The molecule has 0 spiro atoms. The number of thiophene rings is 1. The van der Waals surface area contributed by atoms with E-state index in [0.29, 0.717) is 18.0 Å². The fraction of sp³-hybridized carbons (Fsp3) is 0.458. The fourth-order valence-electron chi connectivity index (χ4n) is 4.54. The highest BCUT2D eigenvalue weighted by Crippen LogP contribution is 2.43. The van der Waals surface area contributed by atoms with Crippen molar-refractivity contribution in [1.29, 1.82) is 0 Å². The molecule has 33 heavy (non-hydrogen) atoms. The number of nitrogens with zero attached hydrogens (tertiary/aromatic N) is 5. The molecule has 2 saturated heterocycles. The van der Waals surface area contributed by atoms with Gasteiger partial charge in [0.2, 0.25) is 0 Å². The van der Waals surface area contributed by atoms with Gasteiger partial charge in [-0.05, 0) is 31.7 Å². The third kappa shape index (κ3) is 3.64. The summed E-state index contributed by atoms with van der Waals surface area (Å²) in [5.41, 5.74) is 3.10. The summed E-state index contributed by atoms with van der Waals surface area (Å²) in [6, 6.07) is 4.94. The fourth-order valence-corrected chi connectivity index (χ4v) is 5.58. The number of aromatic nitrogens is 5. The van der Waals surface area contributed by atoms with Gasteiger partial charge in [0.05, 0.1) is 47.9 Å². The third-order valence-corrected chi connectivity index (χ3v) is 7.92. The summed E-state index contributed by atoms with van der Waals surface area (Å²) >= 11 is 1.69. The van der Waals surface area contributed by atoms with Crippen LogP contribution in [0.25, 0.3) is 20.7 Å². The van der Waals surface area contributed by atoms with Gasteiger partial charge in [-0.3, -0.25) is 14.3 Å². The zero-order valence-corrected chi connectivity index (χ0v) is 19.0. The molecule has 6 heterocycles. The number of ether oxygens (including phenoxy) is 3. The molecule has 170 valence electrons. The predicted molar refractivity (Wildman–Crippen MR) is 124 cm³/mol. The van der Waals surface area contributed by atoms with Gasteiger partial charge in [0.25, 0.3) is 0 Å². The second kappa shape index (κ2) is 7.93. The van der Waals surface area contributed by atoms with E-state index in [1.54, 1.807) is 11.3 Å². The summed E-state index contributed by atoms with van der Waals surface area (Å²) in [7, 11) is 0. The van der Waals surface area contributed by atoms with Gasteiger partial charge in [-0.15, -0.1) is 11.3 Å². The molecule has 1 saturated carbocycles. The molecule has 0 atom stereocenters. The van der Waals surface area contributed by atoms with Gasteiger partial charge in [0.15, 0.2) is 5.75 Å². The van der Waals surface area contributed by atoms with Crippen LogP contribution in [0, 0.1) is 0 Å². The first-order valence-electron chi connectivity index (χ1n) is 11.7. The van der Waals surface area contributed by atoms with Crippen LogP contribution in [0.4, 0.5) is 0 Å². The third-order valence-electron chi connectivity index (χ3n) is 6.73. The molecule has 0 amide bonds. The van der Waals surface area contributed by atoms with Crippen LogP contribution in [0.15, 0.2) is 36.9 Å². The summed E-state index contributed by atoms with van der Waals surface area (Å²) in [6.07, 6.45) is 12.3. The number of rotatable bonds is 6. The van der Waals surface area contributed by atoms with Crippen molar-refractivity contribution < 1.29 is 14.2 Å². The topological polar surface area (TPSA) is 76.2 Å². The van der Waals surface area contributed by atoms with Crippen LogP contribution < -0.4 is 4.74 Å². The Morgan fingerprint density at radius 3 is 2.64 bits per heavy atom. The molecule has 0 N–H and O–H groups in total. The monoisotopic (exact) mass is 463 g/mol. The van der Waals surface area contributed by atoms with Gasteiger partial charge < -0.3 is 14.2 Å². The molecule has 3 fully saturated rings. The van der Waals surface area contributed by atoms with E-state index in [9.17, 15) is 0 Å². The Morgan fingerprint density at radius 1 is 0.970 bits per heavy atom. The Bertz CT molecular complexity index is 1300. The standard InChI is InChI=1S/C24H25N5O3S/c1-2-17(1)29-12-21(23(27-29)15-4-7-30-8-5-15)32-20-3-6-25-19-9-22(33-24(19)20)16-10-26-28(11-16)18-13-31-14-18/h3,6,9-12,15,17-18H,1-2,4-5,7-8,13-14H2. The minimum absolute atomic E-state index is 0.344. The molecule has 1 aliphatic carbocycles. The maximum absolute atomic E-state index is 6.56. The summed E-state index contributed by atoms with van der Waals surface area (Å²) in [6.45, 7) is 3.04. The Kier molecular flexibility index (Phi) is 4.73. The van der Waals surface area contributed by atoms with Crippen molar-refractivity contribution in [2.75, 3.05) is 26.4 Å². The lowest BCUT2D eigenvalue weighted by Crippen LogP contribution is -2.30. The van der Waals surface area contributed by atoms with Crippen LogP contribution in [-0.4, -0.2) is 51.0 Å². The van der Waals surface area contributed by atoms with Crippen LogP contribution in [0.1, 0.15) is 49.4 Å². The van der Waals surface area contributed by atoms with Crippen LogP contribution in [0.3, 0.4) is 0 Å². The average molecular weight is 464 g/mol. The Labute approximate surface area is 195 Å². The van der Waals surface area contributed by atoms with Crippen molar-refractivity contribution in [3.8, 4) is 21.9 Å². The Hall–Kier alpha value is -2.75. The molecule has 4 aromatic rings. The second-order valence-electron chi connectivity index (χ2n) is 9.11. The maximum Gasteiger partial charge on any atom is 0.168 e. The van der Waals surface area contributed by atoms with Crippen LogP contribution in [0.5, 0.6) is 11.5 Å². The average Bonchev–Trinajstić information content (AvgIpc) is 3.20. The molecule has 7 rings (SSSR count). The summed E-state index contributed by atoms with van der Waals surface area (Å²) in [5.74, 6) is 2.08. The van der Waals surface area contributed by atoms with E-state index < -0.39 is 0 Å². The number of hydrogen-bond donors (Lipinski definition) is 0. The summed E-state index contributed by atoms with van der Waals surface area (Å²) in [4.78, 5) is 5.74. The molecular weight excluding hydrogens is 438 g/mol. The molecule has 4 aromatic heterocycles. The maximum atomic E-state index is 6.56. The van der Waals surface area contributed by atoms with E-state index in [0.717, 1.165) is 77.1 Å². The molecule has 0 radical (unpaired) electrons. The Balaban J connectivity index is 1.22. The van der Waals surface area contributed by atoms with Gasteiger partial charge in [-0.2, -0.15) is 10.2 Å². The normalized spacial score (nSPS) is 19.8. The van der Waals surface area contributed by atoms with E-state index in [1.165, 1.54) is 12.8 Å². The molecule has 0 aromatic carbocycles. The Morgan fingerprint density at radius 2 is 1.85 bits per heavy atom. The number of pyridine rings is 1. The summed E-state index contributed by atoms with van der Waals surface area (Å²) in [5, 5.41) is 9.49. The first-order chi connectivity index (χ1) is 16.3. The molecular formula is C24H25N5O3S. The zero-order chi connectivity index (χ0) is 21.8. The SMILES string of the molecule is c1cc(Oc2cn(C3CC3)nc2C2CCOCC2)c2sc(-c3cnn(C4COC4)c3)cc2n1. The smallest absolute Gasteiger partial charge is 0.168 e. The van der Waals surface area contributed by atoms with E-state index in [2.05, 4.69) is 33.2 Å². The zero-order valence-electron chi connectivity index (χ0n) is 18.2. The minimum atomic E-state index is 0.344. The van der Waals surface area contributed by atoms with Crippen LogP contribution >= 0.6 is 11.3 Å². The van der Waals surface area contributed by atoms with Gasteiger partial charge in [0.1, 0.15) is 11.4 Å². The second-order valence-corrected chi connectivity index (χ2v) is 10.2. The number of hydrogen-bond acceptors (Lipinski definition) is 7. The lowest BCUT2D eigenvalue weighted by Gasteiger charge is -2.25. The molecule has 3 aliphatic rings. The lowest BCUT2D eigenvalue weighted by atomic mass is 9.96. The van der Waals surface area contributed by atoms with Crippen molar-refractivity contribution in [3.05, 3.63) is 42.6 Å². The molecule has 0 bridgehead atoms. The predicted octanol–water partition coefficient (Wildman–Crippen LogP) is 4.95. The van der Waals surface area contributed by atoms with Gasteiger partial charge >= 0.3 is 0 Å². The van der Waals surface area contributed by atoms with Gasteiger partial charge in [-0.1, -0.05) is 0 Å². The largest absolute Gasteiger partial charge is 0.452 e. The van der Waals surface area contributed by atoms with E-state index >= 15 is 0 Å².